The number of amides is 3. The lowest BCUT2D eigenvalue weighted by Crippen LogP contribution is -2.36. The van der Waals surface area contributed by atoms with Crippen molar-refractivity contribution < 1.29 is 9.59 Å². The van der Waals surface area contributed by atoms with E-state index < -0.39 is 0 Å². The van der Waals surface area contributed by atoms with Gasteiger partial charge < -0.3 is 15.5 Å². The number of nitrogens with one attached hydrogen (secondary N) is 2. The Kier molecular flexibility index (Phi) is 3.86. The molecule has 1 aromatic rings. The van der Waals surface area contributed by atoms with Crippen molar-refractivity contribution in [3.05, 3.63) is 21.3 Å². The van der Waals surface area contributed by atoms with Crippen molar-refractivity contribution in [2.24, 2.45) is 0 Å². The van der Waals surface area contributed by atoms with Crippen LogP contribution in [-0.4, -0.2) is 43.0 Å². The summed E-state index contributed by atoms with van der Waals surface area (Å²) in [5, 5.41) is 7.73. The quantitative estimate of drug-likeness (QED) is 0.865. The number of rotatable bonds is 4. The zero-order valence-corrected chi connectivity index (χ0v) is 10.6. The second kappa shape index (κ2) is 5.37. The van der Waals surface area contributed by atoms with Gasteiger partial charge in [0.1, 0.15) is 0 Å². The summed E-state index contributed by atoms with van der Waals surface area (Å²) in [5.74, 6) is -0.151. The lowest BCUT2D eigenvalue weighted by molar-refractivity contribution is 0.0954. The molecule has 0 radical (unpaired) electrons. The number of carbonyl (C=O) groups is 2. The number of halogens is 1. The maximum absolute atomic E-state index is 11.6. The second-order valence-electron chi connectivity index (χ2n) is 3.60. The van der Waals surface area contributed by atoms with Gasteiger partial charge in [-0.3, -0.25) is 4.79 Å². The van der Waals surface area contributed by atoms with Crippen LogP contribution in [0.1, 0.15) is 9.67 Å². The van der Waals surface area contributed by atoms with Crippen LogP contribution in [0, 0.1) is 0 Å². The number of urea groups is 1. The third kappa shape index (κ3) is 3.10. The first-order valence-electron chi connectivity index (χ1n) is 5.22. The monoisotopic (exact) mass is 273 g/mol. The Labute approximate surface area is 108 Å². The van der Waals surface area contributed by atoms with Crippen molar-refractivity contribution >= 4 is 34.9 Å². The van der Waals surface area contributed by atoms with Gasteiger partial charge in [-0.1, -0.05) is 11.6 Å². The Bertz CT molecular complexity index is 435. The Morgan fingerprint density at radius 1 is 1.65 bits per heavy atom. The lowest BCUT2D eigenvalue weighted by Gasteiger charge is -2.13. The molecular formula is C10H12ClN3O2S. The van der Waals surface area contributed by atoms with E-state index in [2.05, 4.69) is 10.6 Å². The van der Waals surface area contributed by atoms with E-state index in [1.165, 1.54) is 11.3 Å². The molecule has 1 aliphatic heterocycles. The van der Waals surface area contributed by atoms with Crippen molar-refractivity contribution in [1.29, 1.82) is 0 Å². The second-order valence-corrected chi connectivity index (χ2v) is 4.95. The molecule has 0 aromatic carbocycles. The highest BCUT2D eigenvalue weighted by Crippen LogP contribution is 2.18. The fourth-order valence-electron chi connectivity index (χ4n) is 1.55. The van der Waals surface area contributed by atoms with Gasteiger partial charge in [-0.25, -0.2) is 4.79 Å². The van der Waals surface area contributed by atoms with Crippen LogP contribution >= 0.6 is 22.9 Å². The van der Waals surface area contributed by atoms with Crippen molar-refractivity contribution in [3.8, 4) is 0 Å². The molecule has 2 N–H and O–H groups in total. The van der Waals surface area contributed by atoms with E-state index in [4.69, 9.17) is 11.6 Å². The van der Waals surface area contributed by atoms with Gasteiger partial charge in [0.25, 0.3) is 5.91 Å². The summed E-state index contributed by atoms with van der Waals surface area (Å²) in [7, 11) is 0. The highest BCUT2D eigenvalue weighted by Gasteiger charge is 2.18. The van der Waals surface area contributed by atoms with Gasteiger partial charge >= 0.3 is 6.03 Å². The van der Waals surface area contributed by atoms with Gasteiger partial charge in [-0.15, -0.1) is 11.3 Å². The van der Waals surface area contributed by atoms with E-state index in [9.17, 15) is 9.59 Å². The molecule has 92 valence electrons. The van der Waals surface area contributed by atoms with Crippen LogP contribution in [-0.2, 0) is 0 Å². The van der Waals surface area contributed by atoms with Crippen LogP contribution in [0.5, 0.6) is 0 Å². The Hall–Kier alpha value is -1.27. The number of thiophene rings is 1. The molecule has 17 heavy (non-hydrogen) atoms. The van der Waals surface area contributed by atoms with Gasteiger partial charge in [0.2, 0.25) is 0 Å². The minimum Gasteiger partial charge on any atom is -0.350 e. The Morgan fingerprint density at radius 2 is 2.47 bits per heavy atom. The predicted octanol–water partition coefficient (Wildman–Crippen LogP) is 1.16. The van der Waals surface area contributed by atoms with Gasteiger partial charge in [0.15, 0.2) is 0 Å². The minimum atomic E-state index is -0.151. The van der Waals surface area contributed by atoms with Crippen molar-refractivity contribution in [2.75, 3.05) is 26.2 Å². The Morgan fingerprint density at radius 3 is 3.06 bits per heavy atom. The van der Waals surface area contributed by atoms with E-state index in [1.54, 1.807) is 16.3 Å². The van der Waals surface area contributed by atoms with Crippen LogP contribution in [0.15, 0.2) is 11.4 Å². The lowest BCUT2D eigenvalue weighted by atomic mass is 10.4. The first kappa shape index (κ1) is 12.2. The molecule has 0 saturated carbocycles. The zero-order valence-electron chi connectivity index (χ0n) is 9.03. The molecule has 0 aliphatic carbocycles. The van der Waals surface area contributed by atoms with Crippen LogP contribution in [0.25, 0.3) is 0 Å². The molecule has 1 saturated heterocycles. The fraction of sp³-hybridized carbons (Fsp3) is 0.400. The van der Waals surface area contributed by atoms with E-state index in [0.717, 1.165) is 0 Å². The Balaban J connectivity index is 1.75. The molecule has 7 heteroatoms. The van der Waals surface area contributed by atoms with Crippen LogP contribution in [0.3, 0.4) is 0 Å². The average molecular weight is 274 g/mol. The zero-order chi connectivity index (χ0) is 12.3. The predicted molar refractivity (Wildman–Crippen MR) is 66.6 cm³/mol. The highest BCUT2D eigenvalue weighted by atomic mass is 35.5. The first-order valence-corrected chi connectivity index (χ1v) is 6.47. The SMILES string of the molecule is O=C(NCCN1CCNC1=O)c1cc(Cl)cs1. The molecule has 1 aromatic heterocycles. The molecule has 1 fully saturated rings. The van der Waals surface area contributed by atoms with Gasteiger partial charge in [0.05, 0.1) is 9.90 Å². The van der Waals surface area contributed by atoms with Crippen LogP contribution < -0.4 is 10.6 Å². The van der Waals surface area contributed by atoms with E-state index in [1.807, 2.05) is 0 Å². The molecule has 0 unspecified atom stereocenters. The average Bonchev–Trinajstić information content (AvgIpc) is 2.88. The number of hydrogen-bond acceptors (Lipinski definition) is 3. The van der Waals surface area contributed by atoms with E-state index in [0.29, 0.717) is 36.1 Å². The number of hydrogen-bond donors (Lipinski definition) is 2. The van der Waals surface area contributed by atoms with Gasteiger partial charge in [0, 0.05) is 31.6 Å². The maximum Gasteiger partial charge on any atom is 0.317 e. The summed E-state index contributed by atoms with van der Waals surface area (Å²) in [6.07, 6.45) is 0. The standard InChI is InChI=1S/C10H12ClN3O2S/c11-7-5-8(17-6-7)9(15)12-1-3-14-4-2-13-10(14)16/h5-6H,1-4H2,(H,12,15)(H,13,16). The number of carbonyl (C=O) groups excluding carboxylic acids is 2. The van der Waals surface area contributed by atoms with Crippen molar-refractivity contribution in [1.82, 2.24) is 15.5 Å². The summed E-state index contributed by atoms with van der Waals surface area (Å²) in [4.78, 5) is 25.1. The molecule has 0 atom stereocenters. The van der Waals surface area contributed by atoms with Crippen molar-refractivity contribution in [2.45, 2.75) is 0 Å². The third-order valence-corrected chi connectivity index (χ3v) is 3.68. The molecule has 1 aliphatic rings. The minimum absolute atomic E-state index is 0.0709. The molecule has 0 spiro atoms. The molecule has 0 bridgehead atoms. The molecular weight excluding hydrogens is 262 g/mol. The third-order valence-electron chi connectivity index (χ3n) is 2.40. The van der Waals surface area contributed by atoms with Crippen LogP contribution in [0.4, 0.5) is 4.79 Å². The highest BCUT2D eigenvalue weighted by molar-refractivity contribution is 7.12. The van der Waals surface area contributed by atoms with E-state index >= 15 is 0 Å². The molecule has 2 rings (SSSR count). The van der Waals surface area contributed by atoms with Crippen LogP contribution in [0.2, 0.25) is 5.02 Å². The summed E-state index contributed by atoms with van der Waals surface area (Å²) in [5.41, 5.74) is 0. The fourth-order valence-corrected chi connectivity index (χ4v) is 2.54. The largest absolute Gasteiger partial charge is 0.350 e. The van der Waals surface area contributed by atoms with Crippen molar-refractivity contribution in [3.63, 3.8) is 0 Å². The summed E-state index contributed by atoms with van der Waals surface area (Å²) in [6, 6.07) is 1.56. The topological polar surface area (TPSA) is 61.4 Å². The number of nitrogens with zero attached hydrogens (tertiary/aromatic N) is 1. The molecule has 2 heterocycles. The summed E-state index contributed by atoms with van der Waals surface area (Å²) < 4.78 is 0. The summed E-state index contributed by atoms with van der Waals surface area (Å²) >= 11 is 7.03. The molecule has 5 nitrogen and oxygen atoms in total. The smallest absolute Gasteiger partial charge is 0.317 e. The normalized spacial score (nSPS) is 14.9. The van der Waals surface area contributed by atoms with Gasteiger partial charge in [-0.05, 0) is 6.07 Å². The molecule has 3 amide bonds. The summed E-state index contributed by atoms with van der Waals surface area (Å²) in [6.45, 7) is 2.34. The van der Waals surface area contributed by atoms with E-state index in [-0.39, 0.29) is 11.9 Å². The van der Waals surface area contributed by atoms with Gasteiger partial charge in [-0.2, -0.15) is 0 Å². The first-order chi connectivity index (χ1) is 8.16. The maximum atomic E-state index is 11.6.